The molecular formula is C15H24N2O2S. The van der Waals surface area contributed by atoms with E-state index in [0.29, 0.717) is 13.1 Å². The van der Waals surface area contributed by atoms with Crippen molar-refractivity contribution in [3.8, 4) is 0 Å². The third-order valence-corrected chi connectivity index (χ3v) is 5.62. The summed E-state index contributed by atoms with van der Waals surface area (Å²) < 4.78 is 26.1. The summed E-state index contributed by atoms with van der Waals surface area (Å²) >= 11 is 0. The second-order valence-electron chi connectivity index (χ2n) is 5.37. The molecular weight excluding hydrogens is 272 g/mol. The van der Waals surface area contributed by atoms with Gasteiger partial charge in [0.25, 0.3) is 0 Å². The summed E-state index contributed by atoms with van der Waals surface area (Å²) in [6.45, 7) is 3.94. The SMILES string of the molecule is CCCCS(=O)(=O)N1CCNC(Cc2ccccc2)C1. The molecule has 1 aromatic rings. The van der Waals surface area contributed by atoms with Crippen LogP contribution in [0.5, 0.6) is 0 Å². The third kappa shape index (κ3) is 4.30. The second kappa shape index (κ2) is 7.20. The fourth-order valence-corrected chi connectivity index (χ4v) is 4.23. The van der Waals surface area contributed by atoms with Gasteiger partial charge in [-0.25, -0.2) is 8.42 Å². The Morgan fingerprint density at radius 3 is 2.75 bits per heavy atom. The third-order valence-electron chi connectivity index (χ3n) is 3.69. The van der Waals surface area contributed by atoms with E-state index in [1.807, 2.05) is 25.1 Å². The average molecular weight is 296 g/mol. The first-order chi connectivity index (χ1) is 9.62. The van der Waals surface area contributed by atoms with E-state index < -0.39 is 10.0 Å². The van der Waals surface area contributed by atoms with Gasteiger partial charge in [0, 0.05) is 25.7 Å². The van der Waals surface area contributed by atoms with Gasteiger partial charge in [-0.3, -0.25) is 0 Å². The lowest BCUT2D eigenvalue weighted by Gasteiger charge is -2.33. The van der Waals surface area contributed by atoms with Gasteiger partial charge in [-0.05, 0) is 18.4 Å². The molecule has 0 amide bonds. The van der Waals surface area contributed by atoms with Gasteiger partial charge in [0.2, 0.25) is 10.0 Å². The molecule has 1 unspecified atom stereocenters. The first-order valence-electron chi connectivity index (χ1n) is 7.37. The molecule has 5 heteroatoms. The predicted octanol–water partition coefficient (Wildman–Crippen LogP) is 1.63. The number of nitrogens with one attached hydrogen (secondary N) is 1. The molecule has 1 N–H and O–H groups in total. The van der Waals surface area contributed by atoms with Gasteiger partial charge in [0.15, 0.2) is 0 Å². The van der Waals surface area contributed by atoms with E-state index in [1.165, 1.54) is 5.56 Å². The summed E-state index contributed by atoms with van der Waals surface area (Å²) in [6.07, 6.45) is 2.54. The van der Waals surface area contributed by atoms with E-state index in [1.54, 1.807) is 4.31 Å². The van der Waals surface area contributed by atoms with Crippen LogP contribution >= 0.6 is 0 Å². The summed E-state index contributed by atoms with van der Waals surface area (Å²) in [7, 11) is -3.08. The molecule has 112 valence electrons. The summed E-state index contributed by atoms with van der Waals surface area (Å²) in [6, 6.07) is 10.4. The van der Waals surface area contributed by atoms with Crippen LogP contribution in [0.25, 0.3) is 0 Å². The fraction of sp³-hybridized carbons (Fsp3) is 0.600. The zero-order valence-corrected chi connectivity index (χ0v) is 12.9. The van der Waals surface area contributed by atoms with Gasteiger partial charge in [-0.15, -0.1) is 0 Å². The van der Waals surface area contributed by atoms with Crippen LogP contribution in [0.15, 0.2) is 30.3 Å². The van der Waals surface area contributed by atoms with E-state index in [2.05, 4.69) is 17.4 Å². The smallest absolute Gasteiger partial charge is 0.214 e. The van der Waals surface area contributed by atoms with Crippen molar-refractivity contribution in [2.24, 2.45) is 0 Å². The van der Waals surface area contributed by atoms with Gasteiger partial charge in [-0.1, -0.05) is 43.7 Å². The van der Waals surface area contributed by atoms with Crippen molar-refractivity contribution in [2.75, 3.05) is 25.4 Å². The van der Waals surface area contributed by atoms with Gasteiger partial charge < -0.3 is 5.32 Å². The number of unbranched alkanes of at least 4 members (excludes halogenated alkanes) is 1. The Balaban J connectivity index is 1.95. The summed E-state index contributed by atoms with van der Waals surface area (Å²) in [5, 5.41) is 3.42. The van der Waals surface area contributed by atoms with Crippen LogP contribution in [0.4, 0.5) is 0 Å². The maximum atomic E-state index is 12.2. The molecule has 1 saturated heterocycles. The van der Waals surface area contributed by atoms with Gasteiger partial charge >= 0.3 is 0 Å². The highest BCUT2D eigenvalue weighted by atomic mass is 32.2. The summed E-state index contributed by atoms with van der Waals surface area (Å²) in [5.41, 5.74) is 1.25. The van der Waals surface area contributed by atoms with Crippen LogP contribution in [-0.2, 0) is 16.4 Å². The van der Waals surface area contributed by atoms with E-state index in [9.17, 15) is 8.42 Å². The van der Waals surface area contributed by atoms with Gasteiger partial charge in [0.05, 0.1) is 5.75 Å². The van der Waals surface area contributed by atoms with Crippen molar-refractivity contribution in [2.45, 2.75) is 32.2 Å². The topological polar surface area (TPSA) is 49.4 Å². The number of rotatable bonds is 6. The van der Waals surface area contributed by atoms with E-state index in [-0.39, 0.29) is 11.8 Å². The van der Waals surface area contributed by atoms with Crippen LogP contribution in [0.2, 0.25) is 0 Å². The molecule has 1 aromatic carbocycles. The number of benzene rings is 1. The Labute approximate surface area is 122 Å². The number of nitrogens with zero attached hydrogens (tertiary/aromatic N) is 1. The monoisotopic (exact) mass is 296 g/mol. The molecule has 0 spiro atoms. The Bertz CT molecular complexity index is 502. The molecule has 0 saturated carbocycles. The molecule has 20 heavy (non-hydrogen) atoms. The van der Waals surface area contributed by atoms with Crippen molar-refractivity contribution in [1.82, 2.24) is 9.62 Å². The quantitative estimate of drug-likeness (QED) is 0.868. The van der Waals surface area contributed by atoms with Crippen molar-refractivity contribution < 1.29 is 8.42 Å². The minimum absolute atomic E-state index is 0.211. The zero-order valence-electron chi connectivity index (χ0n) is 12.1. The molecule has 0 bridgehead atoms. The van der Waals surface area contributed by atoms with Crippen LogP contribution in [-0.4, -0.2) is 44.2 Å². The first kappa shape index (κ1) is 15.5. The maximum Gasteiger partial charge on any atom is 0.214 e. The minimum Gasteiger partial charge on any atom is -0.311 e. The number of sulfonamides is 1. The Morgan fingerprint density at radius 1 is 1.30 bits per heavy atom. The lowest BCUT2D eigenvalue weighted by Crippen LogP contribution is -2.53. The van der Waals surface area contributed by atoms with Crippen LogP contribution < -0.4 is 5.32 Å². The Kier molecular flexibility index (Phi) is 5.57. The normalized spacial score (nSPS) is 20.9. The van der Waals surface area contributed by atoms with Crippen molar-refractivity contribution >= 4 is 10.0 Å². The largest absolute Gasteiger partial charge is 0.311 e. The standard InChI is InChI=1S/C15H24N2O2S/c1-2-3-11-20(18,19)17-10-9-16-15(13-17)12-14-7-5-4-6-8-14/h4-8,15-16H,2-3,9-13H2,1H3. The molecule has 1 heterocycles. The molecule has 1 fully saturated rings. The van der Waals surface area contributed by atoms with E-state index in [4.69, 9.17) is 0 Å². The molecule has 4 nitrogen and oxygen atoms in total. The number of hydrogen-bond donors (Lipinski definition) is 1. The fourth-order valence-electron chi connectivity index (χ4n) is 2.54. The highest BCUT2D eigenvalue weighted by molar-refractivity contribution is 7.89. The average Bonchev–Trinajstić information content (AvgIpc) is 2.47. The van der Waals surface area contributed by atoms with Crippen LogP contribution in [0.1, 0.15) is 25.3 Å². The van der Waals surface area contributed by atoms with Crippen molar-refractivity contribution in [3.63, 3.8) is 0 Å². The van der Waals surface area contributed by atoms with E-state index >= 15 is 0 Å². The Hall–Kier alpha value is -0.910. The lowest BCUT2D eigenvalue weighted by molar-refractivity contribution is 0.296. The summed E-state index contributed by atoms with van der Waals surface area (Å²) in [5.74, 6) is 0.279. The van der Waals surface area contributed by atoms with Crippen molar-refractivity contribution in [1.29, 1.82) is 0 Å². The van der Waals surface area contributed by atoms with E-state index in [0.717, 1.165) is 25.8 Å². The highest BCUT2D eigenvalue weighted by Crippen LogP contribution is 2.12. The zero-order chi connectivity index (χ0) is 14.4. The highest BCUT2D eigenvalue weighted by Gasteiger charge is 2.27. The lowest BCUT2D eigenvalue weighted by atomic mass is 10.1. The number of hydrogen-bond acceptors (Lipinski definition) is 3. The second-order valence-corrected chi connectivity index (χ2v) is 7.46. The van der Waals surface area contributed by atoms with Gasteiger partial charge in [-0.2, -0.15) is 4.31 Å². The number of piperazine rings is 1. The maximum absolute atomic E-state index is 12.2. The van der Waals surface area contributed by atoms with Crippen molar-refractivity contribution in [3.05, 3.63) is 35.9 Å². The molecule has 0 radical (unpaired) electrons. The molecule has 2 rings (SSSR count). The first-order valence-corrected chi connectivity index (χ1v) is 8.98. The molecule has 0 aromatic heterocycles. The molecule has 1 aliphatic rings. The van der Waals surface area contributed by atoms with Crippen LogP contribution in [0.3, 0.4) is 0 Å². The predicted molar refractivity (Wildman–Crippen MR) is 82.2 cm³/mol. The molecule has 1 atom stereocenters. The Morgan fingerprint density at radius 2 is 2.05 bits per heavy atom. The summed E-state index contributed by atoms with van der Waals surface area (Å²) in [4.78, 5) is 0. The molecule has 1 aliphatic heterocycles. The van der Waals surface area contributed by atoms with Crippen LogP contribution in [0, 0.1) is 0 Å². The molecule has 0 aliphatic carbocycles. The van der Waals surface area contributed by atoms with Gasteiger partial charge in [0.1, 0.15) is 0 Å². The minimum atomic E-state index is -3.08.